The number of carbonyl (C=O) groups excluding carboxylic acids is 1. The minimum absolute atomic E-state index is 0.171. The van der Waals surface area contributed by atoms with Gasteiger partial charge in [0.05, 0.1) is 25.9 Å². The summed E-state index contributed by atoms with van der Waals surface area (Å²) in [5.41, 5.74) is -1.08. The van der Waals surface area contributed by atoms with Crippen molar-refractivity contribution < 1.29 is 23.4 Å². The van der Waals surface area contributed by atoms with Gasteiger partial charge in [0.25, 0.3) is 12.3 Å². The van der Waals surface area contributed by atoms with Crippen LogP contribution in [0.2, 0.25) is 0 Å². The summed E-state index contributed by atoms with van der Waals surface area (Å²) in [7, 11) is 1.44. The van der Waals surface area contributed by atoms with Crippen molar-refractivity contribution in [3.63, 3.8) is 0 Å². The predicted octanol–water partition coefficient (Wildman–Crippen LogP) is 0.498. The van der Waals surface area contributed by atoms with Crippen LogP contribution in [0.25, 0.3) is 5.65 Å². The van der Waals surface area contributed by atoms with E-state index in [2.05, 4.69) is 10.1 Å². The van der Waals surface area contributed by atoms with Crippen LogP contribution < -0.4 is 4.74 Å². The van der Waals surface area contributed by atoms with E-state index in [0.29, 0.717) is 17.2 Å². The van der Waals surface area contributed by atoms with E-state index in [1.165, 1.54) is 11.6 Å². The van der Waals surface area contributed by atoms with Gasteiger partial charge in [0.1, 0.15) is 0 Å². The van der Waals surface area contributed by atoms with Crippen LogP contribution in [0, 0.1) is 6.92 Å². The Morgan fingerprint density at radius 3 is 2.73 bits per heavy atom. The first-order chi connectivity index (χ1) is 10.4. The third-order valence-corrected chi connectivity index (χ3v) is 3.66. The van der Waals surface area contributed by atoms with E-state index in [4.69, 9.17) is 4.74 Å². The molecule has 3 heterocycles. The Labute approximate surface area is 124 Å². The number of nitrogens with zero attached hydrogens (tertiary/aromatic N) is 4. The summed E-state index contributed by atoms with van der Waals surface area (Å²) in [6.45, 7) is 0.799. The summed E-state index contributed by atoms with van der Waals surface area (Å²) in [5.74, 6) is -0.206. The third kappa shape index (κ3) is 2.08. The SMILES string of the molecule is COc1ccc2nc(C)c(C(=O)N3CC(O)(C(F)F)C3)n2n1. The van der Waals surface area contributed by atoms with Gasteiger partial charge in [0.2, 0.25) is 5.88 Å². The lowest BCUT2D eigenvalue weighted by atomic mass is 9.94. The molecule has 118 valence electrons. The predicted molar refractivity (Wildman–Crippen MR) is 71.1 cm³/mol. The van der Waals surface area contributed by atoms with E-state index in [1.54, 1.807) is 19.1 Å². The second-order valence-corrected chi connectivity index (χ2v) is 5.26. The lowest BCUT2D eigenvalue weighted by molar-refractivity contribution is -0.166. The van der Waals surface area contributed by atoms with E-state index in [9.17, 15) is 18.7 Å². The lowest BCUT2D eigenvalue weighted by Gasteiger charge is -2.45. The van der Waals surface area contributed by atoms with E-state index >= 15 is 0 Å². The molecule has 1 aliphatic rings. The van der Waals surface area contributed by atoms with Crippen LogP contribution in [0.15, 0.2) is 12.1 Å². The molecule has 0 unspecified atom stereocenters. The number of β-amino-alcohol motifs (C(OH)–C–C–N with tert-alkyl or cyclic N) is 1. The number of aliphatic hydroxyl groups is 1. The molecule has 1 saturated heterocycles. The summed E-state index contributed by atoms with van der Waals surface area (Å²) < 4.78 is 31.6. The number of ether oxygens (including phenoxy) is 1. The zero-order chi connectivity index (χ0) is 16.1. The first kappa shape index (κ1) is 14.6. The van der Waals surface area contributed by atoms with Gasteiger partial charge < -0.3 is 14.7 Å². The van der Waals surface area contributed by atoms with Crippen LogP contribution in [-0.2, 0) is 0 Å². The molecule has 0 saturated carbocycles. The van der Waals surface area contributed by atoms with Gasteiger partial charge in [0, 0.05) is 6.07 Å². The molecule has 1 N–H and O–H groups in total. The highest BCUT2D eigenvalue weighted by molar-refractivity contribution is 5.95. The van der Waals surface area contributed by atoms with E-state index < -0.39 is 31.0 Å². The number of hydrogen-bond donors (Lipinski definition) is 1. The van der Waals surface area contributed by atoms with Crippen LogP contribution in [0.3, 0.4) is 0 Å². The van der Waals surface area contributed by atoms with E-state index in [0.717, 1.165) is 4.90 Å². The van der Waals surface area contributed by atoms with Crippen molar-refractivity contribution in [2.75, 3.05) is 20.2 Å². The summed E-state index contributed by atoms with van der Waals surface area (Å²) >= 11 is 0. The Bertz CT molecular complexity index is 740. The van der Waals surface area contributed by atoms with Gasteiger partial charge in [-0.25, -0.2) is 18.3 Å². The molecule has 7 nitrogen and oxygen atoms in total. The van der Waals surface area contributed by atoms with Crippen LogP contribution in [0.1, 0.15) is 16.2 Å². The zero-order valence-corrected chi connectivity index (χ0v) is 12.0. The molecule has 3 rings (SSSR count). The summed E-state index contributed by atoms with van der Waals surface area (Å²) in [4.78, 5) is 17.8. The maximum Gasteiger partial charge on any atom is 0.274 e. The molecule has 2 aromatic rings. The van der Waals surface area contributed by atoms with Gasteiger partial charge in [-0.1, -0.05) is 0 Å². The normalized spacial score (nSPS) is 16.9. The maximum atomic E-state index is 12.6. The summed E-state index contributed by atoms with van der Waals surface area (Å²) in [5, 5.41) is 13.7. The smallest absolute Gasteiger partial charge is 0.274 e. The average molecular weight is 312 g/mol. The van der Waals surface area contributed by atoms with Gasteiger partial charge in [-0.05, 0) is 13.0 Å². The van der Waals surface area contributed by atoms with Crippen LogP contribution >= 0.6 is 0 Å². The number of halogens is 2. The van der Waals surface area contributed by atoms with Crippen LogP contribution in [-0.4, -0.2) is 62.7 Å². The molecule has 0 atom stereocenters. The quantitative estimate of drug-likeness (QED) is 0.892. The Morgan fingerprint density at radius 1 is 1.45 bits per heavy atom. The number of methoxy groups -OCH3 is 1. The average Bonchev–Trinajstić information content (AvgIpc) is 2.77. The van der Waals surface area contributed by atoms with Crippen LogP contribution in [0.5, 0.6) is 5.88 Å². The molecular weight excluding hydrogens is 298 g/mol. The summed E-state index contributed by atoms with van der Waals surface area (Å²) in [6, 6.07) is 3.25. The molecule has 2 aromatic heterocycles. The Morgan fingerprint density at radius 2 is 2.14 bits per heavy atom. The standard InChI is InChI=1S/C13H14F2N4O3/c1-7-10(11(20)18-5-13(21,6-18)12(14)15)19-8(16-7)3-4-9(17-19)22-2/h3-4,12,21H,5-6H2,1-2H3. The highest BCUT2D eigenvalue weighted by Crippen LogP contribution is 2.29. The van der Waals surface area contributed by atoms with Crippen molar-refractivity contribution in [1.82, 2.24) is 19.5 Å². The van der Waals surface area contributed by atoms with Crippen molar-refractivity contribution in [3.8, 4) is 5.88 Å². The molecule has 0 spiro atoms. The first-order valence-electron chi connectivity index (χ1n) is 6.56. The fourth-order valence-electron chi connectivity index (χ4n) is 2.43. The topological polar surface area (TPSA) is 80.0 Å². The number of amides is 1. The van der Waals surface area contributed by atoms with Crippen molar-refractivity contribution in [3.05, 3.63) is 23.5 Å². The molecule has 0 aliphatic carbocycles. The molecule has 22 heavy (non-hydrogen) atoms. The highest BCUT2D eigenvalue weighted by atomic mass is 19.3. The molecule has 0 bridgehead atoms. The maximum absolute atomic E-state index is 12.6. The highest BCUT2D eigenvalue weighted by Gasteiger charge is 2.51. The molecule has 1 amide bonds. The molecular formula is C13H14F2N4O3. The van der Waals surface area contributed by atoms with E-state index in [-0.39, 0.29) is 5.69 Å². The Balaban J connectivity index is 1.93. The first-order valence-corrected chi connectivity index (χ1v) is 6.56. The van der Waals surface area contributed by atoms with Crippen molar-refractivity contribution >= 4 is 11.6 Å². The number of alkyl halides is 2. The number of hydrogen-bond acceptors (Lipinski definition) is 5. The van der Waals surface area contributed by atoms with Gasteiger partial charge >= 0.3 is 0 Å². The van der Waals surface area contributed by atoms with Crippen LogP contribution in [0.4, 0.5) is 8.78 Å². The molecule has 0 aromatic carbocycles. The van der Waals surface area contributed by atoms with Gasteiger partial charge in [-0.2, -0.15) is 0 Å². The number of fused-ring (bicyclic) bond motifs is 1. The fourth-order valence-corrected chi connectivity index (χ4v) is 2.43. The number of rotatable bonds is 3. The van der Waals surface area contributed by atoms with Crippen molar-refractivity contribution in [2.45, 2.75) is 19.0 Å². The largest absolute Gasteiger partial charge is 0.480 e. The lowest BCUT2D eigenvalue weighted by Crippen LogP contribution is -2.67. The summed E-state index contributed by atoms with van der Waals surface area (Å²) in [6.07, 6.45) is -2.89. The molecule has 0 radical (unpaired) electrons. The number of carbonyl (C=O) groups is 1. The molecule has 1 aliphatic heterocycles. The Hall–Kier alpha value is -2.29. The van der Waals surface area contributed by atoms with Crippen molar-refractivity contribution in [2.24, 2.45) is 0 Å². The van der Waals surface area contributed by atoms with Gasteiger partial charge in [-0.3, -0.25) is 4.79 Å². The monoisotopic (exact) mass is 312 g/mol. The second-order valence-electron chi connectivity index (χ2n) is 5.26. The minimum atomic E-state index is -2.89. The van der Waals surface area contributed by atoms with E-state index in [1.807, 2.05) is 0 Å². The van der Waals surface area contributed by atoms with Crippen molar-refractivity contribution in [1.29, 1.82) is 0 Å². The number of aryl methyl sites for hydroxylation is 1. The molecule has 1 fully saturated rings. The number of likely N-dealkylation sites (tertiary alicyclic amines) is 1. The van der Waals surface area contributed by atoms with Gasteiger partial charge in [-0.15, -0.1) is 5.10 Å². The third-order valence-electron chi connectivity index (χ3n) is 3.66. The fraction of sp³-hybridized carbons (Fsp3) is 0.462. The van der Waals surface area contributed by atoms with Gasteiger partial charge in [0.15, 0.2) is 16.9 Å². The number of imidazole rings is 1. The Kier molecular flexibility index (Phi) is 3.24. The second kappa shape index (κ2) is 4.87. The molecule has 9 heteroatoms. The minimum Gasteiger partial charge on any atom is -0.480 e. The zero-order valence-electron chi connectivity index (χ0n) is 12.0. The number of aromatic nitrogens is 3.